The number of nitrogens with one attached hydrogen (secondary N) is 1. The summed E-state index contributed by atoms with van der Waals surface area (Å²) < 4.78 is 7.12. The molecule has 0 saturated carbocycles. The second-order valence-electron chi connectivity index (χ2n) is 5.86. The summed E-state index contributed by atoms with van der Waals surface area (Å²) in [5.41, 5.74) is 1.93. The minimum Gasteiger partial charge on any atom is -0.382 e. The lowest BCUT2D eigenvalue weighted by atomic mass is 9.92. The van der Waals surface area contributed by atoms with Crippen molar-refractivity contribution < 1.29 is 4.74 Å². The highest BCUT2D eigenvalue weighted by molar-refractivity contribution is 5.91. The Bertz CT molecular complexity index is 687. The zero-order valence-corrected chi connectivity index (χ0v) is 12.6. The molecule has 0 radical (unpaired) electrons. The molecule has 21 heavy (non-hydrogen) atoms. The summed E-state index contributed by atoms with van der Waals surface area (Å²) in [5.74, 6) is 0.599. The Morgan fingerprint density at radius 2 is 2.00 bits per heavy atom. The Hall–Kier alpha value is -1.81. The molecule has 4 nitrogen and oxygen atoms in total. The first kappa shape index (κ1) is 14.1. The van der Waals surface area contributed by atoms with Crippen LogP contribution in [0.1, 0.15) is 19.8 Å². The molecule has 1 fully saturated rings. The Labute approximate surface area is 124 Å². The Morgan fingerprint density at radius 3 is 2.76 bits per heavy atom. The number of aromatic nitrogens is 1. The summed E-state index contributed by atoms with van der Waals surface area (Å²) in [6.45, 7) is 3.88. The lowest BCUT2D eigenvalue weighted by Gasteiger charge is -2.29. The molecule has 1 atom stereocenters. The summed E-state index contributed by atoms with van der Waals surface area (Å²) >= 11 is 0. The minimum absolute atomic E-state index is 0.0235. The van der Waals surface area contributed by atoms with Crippen molar-refractivity contribution in [3.63, 3.8) is 0 Å². The van der Waals surface area contributed by atoms with E-state index in [2.05, 4.69) is 18.3 Å². The van der Waals surface area contributed by atoms with Gasteiger partial charge in [0, 0.05) is 43.4 Å². The van der Waals surface area contributed by atoms with E-state index in [4.69, 9.17) is 4.74 Å². The fourth-order valence-electron chi connectivity index (χ4n) is 3.11. The van der Waals surface area contributed by atoms with E-state index in [1.807, 2.05) is 25.2 Å². The van der Waals surface area contributed by atoms with Gasteiger partial charge in [-0.1, -0.05) is 18.2 Å². The molecule has 1 aromatic carbocycles. The van der Waals surface area contributed by atoms with Crippen LogP contribution in [0.15, 0.2) is 35.1 Å². The van der Waals surface area contributed by atoms with Crippen LogP contribution in [0.25, 0.3) is 10.9 Å². The summed E-state index contributed by atoms with van der Waals surface area (Å²) in [7, 11) is 1.82. The molecule has 1 unspecified atom stereocenters. The molecule has 2 aromatic rings. The molecule has 1 aromatic heterocycles. The molecule has 0 bridgehead atoms. The van der Waals surface area contributed by atoms with Crippen LogP contribution in [-0.4, -0.2) is 23.8 Å². The van der Waals surface area contributed by atoms with Crippen molar-refractivity contribution in [2.75, 3.05) is 18.5 Å². The normalized spacial score (nSPS) is 17.8. The Morgan fingerprint density at radius 1 is 1.29 bits per heavy atom. The van der Waals surface area contributed by atoms with E-state index in [0.717, 1.165) is 42.6 Å². The van der Waals surface area contributed by atoms with Gasteiger partial charge in [0.2, 0.25) is 0 Å². The van der Waals surface area contributed by atoms with Crippen LogP contribution >= 0.6 is 0 Å². The van der Waals surface area contributed by atoms with Crippen LogP contribution in [0, 0.1) is 5.92 Å². The summed E-state index contributed by atoms with van der Waals surface area (Å²) in [5, 5.41) is 4.65. The third kappa shape index (κ3) is 2.81. The fourth-order valence-corrected chi connectivity index (χ4v) is 3.11. The topological polar surface area (TPSA) is 43.3 Å². The average Bonchev–Trinajstić information content (AvgIpc) is 2.53. The number of nitrogens with zero attached hydrogens (tertiary/aromatic N) is 1. The van der Waals surface area contributed by atoms with Crippen LogP contribution in [0.3, 0.4) is 0 Å². The summed E-state index contributed by atoms with van der Waals surface area (Å²) in [6, 6.07) is 10.1. The van der Waals surface area contributed by atoms with E-state index in [9.17, 15) is 4.79 Å². The van der Waals surface area contributed by atoms with Crippen LogP contribution in [0.4, 0.5) is 5.69 Å². The van der Waals surface area contributed by atoms with E-state index in [-0.39, 0.29) is 5.56 Å². The van der Waals surface area contributed by atoms with Gasteiger partial charge in [-0.05, 0) is 31.7 Å². The molecular formula is C17H22N2O2. The predicted molar refractivity (Wildman–Crippen MR) is 85.8 cm³/mol. The molecule has 1 aliphatic heterocycles. The highest BCUT2D eigenvalue weighted by Crippen LogP contribution is 2.25. The van der Waals surface area contributed by atoms with E-state index in [0.29, 0.717) is 12.0 Å². The summed E-state index contributed by atoms with van der Waals surface area (Å²) in [6.07, 6.45) is 2.16. The molecule has 2 heterocycles. The Kier molecular flexibility index (Phi) is 3.97. The van der Waals surface area contributed by atoms with Crippen LogP contribution in [0.2, 0.25) is 0 Å². The highest BCUT2D eigenvalue weighted by Gasteiger charge is 2.21. The highest BCUT2D eigenvalue weighted by atomic mass is 16.5. The largest absolute Gasteiger partial charge is 0.382 e. The first-order valence-electron chi connectivity index (χ1n) is 7.60. The van der Waals surface area contributed by atoms with E-state index in [1.54, 1.807) is 10.6 Å². The van der Waals surface area contributed by atoms with Gasteiger partial charge in [0.1, 0.15) is 0 Å². The van der Waals surface area contributed by atoms with Gasteiger partial charge in [-0.2, -0.15) is 0 Å². The molecule has 4 heteroatoms. The number of anilines is 1. The molecule has 3 rings (SSSR count). The average molecular weight is 286 g/mol. The van der Waals surface area contributed by atoms with Crippen LogP contribution in [0.5, 0.6) is 0 Å². The van der Waals surface area contributed by atoms with Gasteiger partial charge in [-0.25, -0.2) is 0 Å². The van der Waals surface area contributed by atoms with E-state index >= 15 is 0 Å². The predicted octanol–water partition coefficient (Wildman–Crippen LogP) is 2.77. The zero-order valence-electron chi connectivity index (χ0n) is 12.6. The van der Waals surface area contributed by atoms with Crippen molar-refractivity contribution in [2.24, 2.45) is 13.0 Å². The minimum atomic E-state index is 0.0235. The van der Waals surface area contributed by atoms with Gasteiger partial charge in [0.25, 0.3) is 5.56 Å². The second kappa shape index (κ2) is 5.90. The number of ether oxygens (including phenoxy) is 1. The number of hydrogen-bond acceptors (Lipinski definition) is 3. The molecule has 112 valence electrons. The lowest BCUT2D eigenvalue weighted by Crippen LogP contribution is -2.31. The number of fused-ring (bicyclic) bond motifs is 1. The van der Waals surface area contributed by atoms with Gasteiger partial charge in [-0.3, -0.25) is 4.79 Å². The second-order valence-corrected chi connectivity index (χ2v) is 5.86. The molecule has 0 spiro atoms. The maximum absolute atomic E-state index is 12.1. The monoisotopic (exact) mass is 286 g/mol. The van der Waals surface area contributed by atoms with E-state index in [1.165, 1.54) is 0 Å². The Balaban J connectivity index is 1.93. The van der Waals surface area contributed by atoms with Crippen molar-refractivity contribution in [3.05, 3.63) is 40.7 Å². The van der Waals surface area contributed by atoms with Gasteiger partial charge in [0.15, 0.2) is 0 Å². The number of benzene rings is 1. The maximum atomic E-state index is 12.1. The van der Waals surface area contributed by atoms with Crippen molar-refractivity contribution in [1.82, 2.24) is 4.57 Å². The van der Waals surface area contributed by atoms with Crippen molar-refractivity contribution in [1.29, 1.82) is 0 Å². The van der Waals surface area contributed by atoms with Gasteiger partial charge in [-0.15, -0.1) is 0 Å². The standard InChI is InChI=1S/C17H22N2O2/c1-12(13-7-9-21-10-8-13)18-15-11-17(20)19(2)16-6-4-3-5-14(15)16/h3-6,11-13,18H,7-10H2,1-2H3. The molecule has 1 aliphatic rings. The first-order chi connectivity index (χ1) is 10.2. The van der Waals surface area contributed by atoms with E-state index < -0.39 is 0 Å². The third-order valence-corrected chi connectivity index (χ3v) is 4.51. The number of rotatable bonds is 3. The van der Waals surface area contributed by atoms with Crippen molar-refractivity contribution >= 4 is 16.6 Å². The van der Waals surface area contributed by atoms with Crippen LogP contribution in [-0.2, 0) is 11.8 Å². The maximum Gasteiger partial charge on any atom is 0.252 e. The summed E-state index contributed by atoms with van der Waals surface area (Å²) in [4.78, 5) is 12.1. The molecular weight excluding hydrogens is 264 g/mol. The van der Waals surface area contributed by atoms with Crippen molar-refractivity contribution in [3.8, 4) is 0 Å². The third-order valence-electron chi connectivity index (χ3n) is 4.51. The molecule has 0 amide bonds. The van der Waals surface area contributed by atoms with Gasteiger partial charge < -0.3 is 14.6 Å². The van der Waals surface area contributed by atoms with Gasteiger partial charge >= 0.3 is 0 Å². The molecule has 1 saturated heterocycles. The molecule has 0 aliphatic carbocycles. The van der Waals surface area contributed by atoms with Crippen molar-refractivity contribution in [2.45, 2.75) is 25.8 Å². The lowest BCUT2D eigenvalue weighted by molar-refractivity contribution is 0.0622. The number of para-hydroxylation sites is 1. The first-order valence-corrected chi connectivity index (χ1v) is 7.60. The fraction of sp³-hybridized carbons (Fsp3) is 0.471. The number of aryl methyl sites for hydroxylation is 1. The number of hydrogen-bond donors (Lipinski definition) is 1. The smallest absolute Gasteiger partial charge is 0.252 e. The SMILES string of the molecule is CC(Nc1cc(=O)n(C)c2ccccc12)C1CCOCC1. The van der Waals surface area contributed by atoms with Crippen LogP contribution < -0.4 is 10.9 Å². The molecule has 1 N–H and O–H groups in total. The number of pyridine rings is 1. The zero-order chi connectivity index (χ0) is 14.8. The van der Waals surface area contributed by atoms with Gasteiger partial charge in [0.05, 0.1) is 5.52 Å². The quantitative estimate of drug-likeness (QED) is 0.943.